The number of carbonyl (C=O) groups is 4. The lowest BCUT2D eigenvalue weighted by atomic mass is 9.84. The van der Waals surface area contributed by atoms with E-state index >= 15 is 0 Å². The number of benzene rings is 1. The van der Waals surface area contributed by atoms with Crippen LogP contribution in [0.1, 0.15) is 66.4 Å². The van der Waals surface area contributed by atoms with E-state index in [0.29, 0.717) is 25.8 Å². The molecule has 0 spiro atoms. The van der Waals surface area contributed by atoms with Crippen molar-refractivity contribution in [2.45, 2.75) is 85.5 Å². The van der Waals surface area contributed by atoms with E-state index in [-0.39, 0.29) is 30.5 Å². The number of nitrogens with one attached hydrogen (secondary N) is 4. The molecule has 1 aromatic carbocycles. The zero-order chi connectivity index (χ0) is 28.5. The molecule has 10 nitrogen and oxygen atoms in total. The Morgan fingerprint density at radius 2 is 1.68 bits per heavy atom. The van der Waals surface area contributed by atoms with Crippen LogP contribution in [0.5, 0.6) is 0 Å². The Kier molecular flexibility index (Phi) is 11.1. The SMILES string of the molecule is CC(C)(C)C[C@H](NC(=O)[C@@H](NC(=O)OCc1ccccc1)C(C)(C)C)C(=O)N[C@H](CO)C[C@@H]1CCNC1=O. The van der Waals surface area contributed by atoms with Gasteiger partial charge in [0.05, 0.1) is 12.6 Å². The zero-order valence-corrected chi connectivity index (χ0v) is 23.4. The normalized spacial score (nSPS) is 18.1. The van der Waals surface area contributed by atoms with Crippen LogP contribution in [0, 0.1) is 16.7 Å². The van der Waals surface area contributed by atoms with Crippen LogP contribution in [0.2, 0.25) is 0 Å². The number of rotatable bonds is 11. The molecule has 1 fully saturated rings. The molecule has 1 aliphatic heterocycles. The highest BCUT2D eigenvalue weighted by Crippen LogP contribution is 2.24. The summed E-state index contributed by atoms with van der Waals surface area (Å²) in [4.78, 5) is 51.2. The van der Waals surface area contributed by atoms with Gasteiger partial charge in [-0.3, -0.25) is 14.4 Å². The molecule has 4 atom stereocenters. The molecule has 0 saturated carbocycles. The Morgan fingerprint density at radius 1 is 1.03 bits per heavy atom. The highest BCUT2D eigenvalue weighted by Gasteiger charge is 2.37. The molecule has 0 unspecified atom stereocenters. The van der Waals surface area contributed by atoms with Crippen molar-refractivity contribution in [1.82, 2.24) is 21.3 Å². The first-order valence-corrected chi connectivity index (χ1v) is 13.2. The Hall–Kier alpha value is -3.14. The van der Waals surface area contributed by atoms with E-state index in [1.165, 1.54) is 0 Å². The Balaban J connectivity index is 2.09. The molecule has 5 N–H and O–H groups in total. The maximum atomic E-state index is 13.4. The monoisotopic (exact) mass is 532 g/mol. The lowest BCUT2D eigenvalue weighted by Gasteiger charge is -2.33. The van der Waals surface area contributed by atoms with Crippen LogP contribution in [0.4, 0.5) is 4.79 Å². The van der Waals surface area contributed by atoms with Gasteiger partial charge in [0.15, 0.2) is 0 Å². The van der Waals surface area contributed by atoms with Crippen LogP contribution in [0.3, 0.4) is 0 Å². The molecule has 1 aliphatic rings. The maximum absolute atomic E-state index is 13.4. The molecule has 2 rings (SSSR count). The lowest BCUT2D eigenvalue weighted by molar-refractivity contribution is -0.132. The minimum absolute atomic E-state index is 0.0573. The molecule has 212 valence electrons. The van der Waals surface area contributed by atoms with Crippen molar-refractivity contribution in [3.05, 3.63) is 35.9 Å². The molecular weight excluding hydrogens is 488 g/mol. The van der Waals surface area contributed by atoms with Crippen LogP contribution in [0.25, 0.3) is 0 Å². The van der Waals surface area contributed by atoms with E-state index in [4.69, 9.17) is 4.74 Å². The van der Waals surface area contributed by atoms with E-state index in [0.717, 1.165) is 5.56 Å². The summed E-state index contributed by atoms with van der Waals surface area (Å²) in [7, 11) is 0. The fraction of sp³-hybridized carbons (Fsp3) is 0.643. The predicted octanol–water partition coefficient (Wildman–Crippen LogP) is 2.25. The third-order valence-electron chi connectivity index (χ3n) is 6.35. The van der Waals surface area contributed by atoms with Gasteiger partial charge < -0.3 is 31.1 Å². The highest BCUT2D eigenvalue weighted by atomic mass is 16.5. The molecule has 0 bridgehead atoms. The summed E-state index contributed by atoms with van der Waals surface area (Å²) in [6.07, 6.45) is 0.536. The summed E-state index contributed by atoms with van der Waals surface area (Å²) in [5.74, 6) is -1.34. The van der Waals surface area contributed by atoms with Crippen molar-refractivity contribution in [2.75, 3.05) is 13.2 Å². The Labute approximate surface area is 225 Å². The number of ether oxygens (including phenoxy) is 1. The maximum Gasteiger partial charge on any atom is 0.408 e. The number of alkyl carbamates (subject to hydrolysis) is 1. The standard InChI is InChI=1S/C28H44N4O6/c1-27(2,3)15-21(24(35)30-20(16-33)14-19-12-13-29-23(19)34)31-25(36)22(28(4,5)6)32-26(37)38-17-18-10-8-7-9-11-18/h7-11,19-22,33H,12-17H2,1-6H3,(H,29,34)(H,30,35)(H,31,36)(H,32,37)/t19-,20-,21-,22+/m0/s1. The molecule has 1 saturated heterocycles. The summed E-state index contributed by atoms with van der Waals surface area (Å²) in [6.45, 7) is 11.6. The Morgan fingerprint density at radius 3 is 2.21 bits per heavy atom. The number of carbonyl (C=O) groups excluding carboxylic acids is 4. The van der Waals surface area contributed by atoms with Gasteiger partial charge in [-0.2, -0.15) is 0 Å². The third kappa shape index (κ3) is 10.3. The van der Waals surface area contributed by atoms with Crippen LogP contribution in [-0.2, 0) is 25.7 Å². The number of amides is 4. The zero-order valence-electron chi connectivity index (χ0n) is 23.4. The van der Waals surface area contributed by atoms with Crippen molar-refractivity contribution < 1.29 is 29.0 Å². The predicted molar refractivity (Wildman–Crippen MR) is 144 cm³/mol. The van der Waals surface area contributed by atoms with Crippen molar-refractivity contribution in [3.63, 3.8) is 0 Å². The van der Waals surface area contributed by atoms with E-state index in [9.17, 15) is 24.3 Å². The summed E-state index contributed by atoms with van der Waals surface area (Å²) >= 11 is 0. The van der Waals surface area contributed by atoms with Crippen molar-refractivity contribution in [2.24, 2.45) is 16.7 Å². The van der Waals surface area contributed by atoms with Crippen LogP contribution in [0.15, 0.2) is 30.3 Å². The van der Waals surface area contributed by atoms with Gasteiger partial charge in [-0.1, -0.05) is 71.9 Å². The average Bonchev–Trinajstić information content (AvgIpc) is 3.23. The summed E-state index contributed by atoms with van der Waals surface area (Å²) < 4.78 is 5.31. The van der Waals surface area contributed by atoms with E-state index in [2.05, 4.69) is 21.3 Å². The smallest absolute Gasteiger partial charge is 0.408 e. The third-order valence-corrected chi connectivity index (χ3v) is 6.35. The first kappa shape index (κ1) is 31.1. The van der Waals surface area contributed by atoms with Crippen molar-refractivity contribution in [1.29, 1.82) is 0 Å². The number of aliphatic hydroxyl groups is 1. The molecule has 0 aromatic heterocycles. The fourth-order valence-corrected chi connectivity index (χ4v) is 4.33. The molecule has 10 heteroatoms. The number of hydrogen-bond donors (Lipinski definition) is 5. The van der Waals surface area contributed by atoms with Crippen LogP contribution < -0.4 is 21.3 Å². The largest absolute Gasteiger partial charge is 0.445 e. The molecule has 1 heterocycles. The minimum atomic E-state index is -0.975. The van der Waals surface area contributed by atoms with E-state index in [1.54, 1.807) is 0 Å². The summed E-state index contributed by atoms with van der Waals surface area (Å²) in [6, 6.07) is 6.68. The fourth-order valence-electron chi connectivity index (χ4n) is 4.33. The molecular formula is C28H44N4O6. The van der Waals surface area contributed by atoms with Gasteiger partial charge in [0.1, 0.15) is 18.7 Å². The lowest BCUT2D eigenvalue weighted by Crippen LogP contribution is -2.59. The second kappa shape index (κ2) is 13.6. The van der Waals surface area contributed by atoms with Crippen molar-refractivity contribution in [3.8, 4) is 0 Å². The second-order valence-electron chi connectivity index (χ2n) is 12.2. The van der Waals surface area contributed by atoms with Gasteiger partial charge >= 0.3 is 6.09 Å². The molecule has 38 heavy (non-hydrogen) atoms. The van der Waals surface area contributed by atoms with E-state index < -0.39 is 41.4 Å². The van der Waals surface area contributed by atoms with Gasteiger partial charge in [0.25, 0.3) is 0 Å². The van der Waals surface area contributed by atoms with Crippen LogP contribution >= 0.6 is 0 Å². The van der Waals surface area contributed by atoms with Gasteiger partial charge in [-0.15, -0.1) is 0 Å². The first-order valence-electron chi connectivity index (χ1n) is 13.2. The topological polar surface area (TPSA) is 146 Å². The Bertz CT molecular complexity index is 954. The van der Waals surface area contributed by atoms with Gasteiger partial charge in [0, 0.05) is 12.5 Å². The second-order valence-corrected chi connectivity index (χ2v) is 12.2. The highest BCUT2D eigenvalue weighted by molar-refractivity contribution is 5.92. The number of hydrogen-bond acceptors (Lipinski definition) is 6. The first-order chi connectivity index (χ1) is 17.7. The molecule has 0 aliphatic carbocycles. The summed E-state index contributed by atoms with van der Waals surface area (Å²) in [5, 5.41) is 20.9. The molecule has 0 radical (unpaired) electrons. The van der Waals surface area contributed by atoms with Crippen LogP contribution in [-0.4, -0.2) is 60.2 Å². The van der Waals surface area contributed by atoms with Gasteiger partial charge in [-0.25, -0.2) is 4.79 Å². The minimum Gasteiger partial charge on any atom is -0.445 e. The van der Waals surface area contributed by atoms with Crippen molar-refractivity contribution >= 4 is 23.8 Å². The van der Waals surface area contributed by atoms with Gasteiger partial charge in [0.2, 0.25) is 17.7 Å². The van der Waals surface area contributed by atoms with Gasteiger partial charge in [-0.05, 0) is 35.7 Å². The molecule has 1 aromatic rings. The van der Waals surface area contributed by atoms with E-state index in [1.807, 2.05) is 71.9 Å². The average molecular weight is 533 g/mol. The quantitative estimate of drug-likeness (QED) is 0.296. The number of aliphatic hydroxyl groups excluding tert-OH is 1. The molecule has 4 amide bonds. The summed E-state index contributed by atoms with van der Waals surface area (Å²) in [5.41, 5.74) is -0.175.